The lowest BCUT2D eigenvalue weighted by atomic mass is 9.98. The maximum Gasteiger partial charge on any atom is 0.414 e. The van der Waals surface area contributed by atoms with Crippen LogP contribution in [-0.4, -0.2) is 52.3 Å². The number of fused-ring (bicyclic) bond motifs is 1. The van der Waals surface area contributed by atoms with Gasteiger partial charge in [-0.3, -0.25) is 14.3 Å². The first kappa shape index (κ1) is 19.6. The van der Waals surface area contributed by atoms with Crippen LogP contribution in [-0.2, 0) is 16.1 Å². The maximum absolute atomic E-state index is 14.9. The van der Waals surface area contributed by atoms with Gasteiger partial charge in [-0.2, -0.15) is 0 Å². The second kappa shape index (κ2) is 7.61. The SMILES string of the molecule is CC(=O)NCC1CN(c2ccc(C3COc4nc([N+](=O)[O-])cn4C3)c(F)c2)C(=O)O1. The van der Waals surface area contributed by atoms with E-state index < -0.39 is 22.9 Å². The van der Waals surface area contributed by atoms with Crippen molar-refractivity contribution >= 4 is 23.5 Å². The number of anilines is 1. The van der Waals surface area contributed by atoms with Crippen molar-refractivity contribution in [2.75, 3.05) is 24.6 Å². The molecule has 11 nitrogen and oxygen atoms in total. The largest absolute Gasteiger partial charge is 0.445 e. The molecule has 2 atom stereocenters. The summed E-state index contributed by atoms with van der Waals surface area (Å²) in [6.07, 6.45) is 0.114. The van der Waals surface area contributed by atoms with Gasteiger partial charge >= 0.3 is 17.9 Å². The number of carbonyl (C=O) groups is 2. The Morgan fingerprint density at radius 1 is 1.43 bits per heavy atom. The van der Waals surface area contributed by atoms with Crippen molar-refractivity contribution in [3.63, 3.8) is 0 Å². The normalized spacial score (nSPS) is 20.3. The van der Waals surface area contributed by atoms with E-state index in [4.69, 9.17) is 9.47 Å². The first-order valence-corrected chi connectivity index (χ1v) is 9.18. The maximum atomic E-state index is 14.9. The van der Waals surface area contributed by atoms with Crippen LogP contribution in [0.3, 0.4) is 0 Å². The van der Waals surface area contributed by atoms with Crippen molar-refractivity contribution < 1.29 is 28.4 Å². The fraction of sp³-hybridized carbons (Fsp3) is 0.389. The number of imidazole rings is 1. The number of halogens is 1. The molecule has 158 valence electrons. The second-order valence-corrected chi connectivity index (χ2v) is 7.06. The molecule has 0 aliphatic carbocycles. The van der Waals surface area contributed by atoms with Crippen LogP contribution >= 0.6 is 0 Å². The lowest BCUT2D eigenvalue weighted by molar-refractivity contribution is -0.389. The van der Waals surface area contributed by atoms with E-state index in [2.05, 4.69) is 10.3 Å². The topological polar surface area (TPSA) is 129 Å². The van der Waals surface area contributed by atoms with Crippen molar-refractivity contribution in [1.82, 2.24) is 14.9 Å². The monoisotopic (exact) mass is 419 g/mol. The molecule has 2 aromatic rings. The second-order valence-electron chi connectivity index (χ2n) is 7.06. The minimum absolute atomic E-state index is 0.120. The van der Waals surface area contributed by atoms with Gasteiger partial charge in [0.15, 0.2) is 0 Å². The van der Waals surface area contributed by atoms with E-state index in [9.17, 15) is 24.1 Å². The molecule has 2 unspecified atom stereocenters. The van der Waals surface area contributed by atoms with Crippen LogP contribution in [0, 0.1) is 15.9 Å². The van der Waals surface area contributed by atoms with Gasteiger partial charge in [-0.25, -0.2) is 9.18 Å². The van der Waals surface area contributed by atoms with Crippen LogP contribution in [0.5, 0.6) is 6.01 Å². The molecule has 1 aromatic heterocycles. The van der Waals surface area contributed by atoms with E-state index in [-0.39, 0.29) is 49.9 Å². The number of ether oxygens (including phenoxy) is 2. The van der Waals surface area contributed by atoms with Crippen molar-refractivity contribution in [1.29, 1.82) is 0 Å². The first-order valence-electron chi connectivity index (χ1n) is 9.18. The number of aromatic nitrogens is 2. The Morgan fingerprint density at radius 2 is 2.23 bits per heavy atom. The van der Waals surface area contributed by atoms with Crippen molar-refractivity contribution in [2.45, 2.75) is 25.5 Å². The van der Waals surface area contributed by atoms with Gasteiger partial charge in [0.2, 0.25) is 5.91 Å². The summed E-state index contributed by atoms with van der Waals surface area (Å²) < 4.78 is 27.0. The summed E-state index contributed by atoms with van der Waals surface area (Å²) in [4.78, 5) is 38.4. The van der Waals surface area contributed by atoms with Gasteiger partial charge in [0.1, 0.15) is 24.7 Å². The summed E-state index contributed by atoms with van der Waals surface area (Å²) in [5.41, 5.74) is 0.699. The summed E-state index contributed by atoms with van der Waals surface area (Å²) in [5, 5.41) is 13.4. The molecule has 30 heavy (non-hydrogen) atoms. The van der Waals surface area contributed by atoms with E-state index >= 15 is 0 Å². The highest BCUT2D eigenvalue weighted by molar-refractivity contribution is 5.89. The third kappa shape index (κ3) is 3.75. The van der Waals surface area contributed by atoms with Crippen LogP contribution in [0.2, 0.25) is 0 Å². The van der Waals surface area contributed by atoms with E-state index in [1.807, 2.05) is 0 Å². The first-order chi connectivity index (χ1) is 14.3. The molecule has 2 aliphatic heterocycles. The Hall–Kier alpha value is -3.70. The van der Waals surface area contributed by atoms with Crippen LogP contribution in [0.15, 0.2) is 24.4 Å². The number of cyclic esters (lactones) is 1. The Kier molecular flexibility index (Phi) is 4.98. The minimum atomic E-state index is -0.618. The molecule has 0 saturated carbocycles. The van der Waals surface area contributed by atoms with Gasteiger partial charge < -0.3 is 24.9 Å². The molecule has 2 aliphatic rings. The average molecular weight is 419 g/mol. The zero-order chi connectivity index (χ0) is 21.4. The smallest absolute Gasteiger partial charge is 0.414 e. The molecule has 0 spiro atoms. The molecule has 4 rings (SSSR count). The quantitative estimate of drug-likeness (QED) is 0.575. The van der Waals surface area contributed by atoms with Crippen LogP contribution in [0.25, 0.3) is 0 Å². The van der Waals surface area contributed by atoms with E-state index in [1.165, 1.54) is 28.7 Å². The van der Waals surface area contributed by atoms with Gasteiger partial charge in [0.05, 0.1) is 18.8 Å². The zero-order valence-corrected chi connectivity index (χ0v) is 15.9. The Bertz CT molecular complexity index is 1020. The molecule has 1 N–H and O–H groups in total. The average Bonchev–Trinajstić information content (AvgIpc) is 3.29. The lowest BCUT2D eigenvalue weighted by Gasteiger charge is -2.23. The number of rotatable bonds is 5. The number of nitrogens with one attached hydrogen (secondary N) is 1. The van der Waals surface area contributed by atoms with Crippen LogP contribution in [0.4, 0.5) is 20.7 Å². The van der Waals surface area contributed by atoms with E-state index in [1.54, 1.807) is 12.1 Å². The number of hydrogen-bond acceptors (Lipinski definition) is 7. The van der Waals surface area contributed by atoms with Crippen molar-refractivity contribution in [3.05, 3.63) is 45.9 Å². The van der Waals surface area contributed by atoms with Crippen molar-refractivity contribution in [3.8, 4) is 6.01 Å². The fourth-order valence-electron chi connectivity index (χ4n) is 3.48. The predicted octanol–water partition coefficient (Wildman–Crippen LogP) is 1.57. The fourth-order valence-corrected chi connectivity index (χ4v) is 3.48. The van der Waals surface area contributed by atoms with Crippen molar-refractivity contribution in [2.24, 2.45) is 0 Å². The molecule has 1 aromatic carbocycles. The highest BCUT2D eigenvalue weighted by atomic mass is 19.1. The van der Waals surface area contributed by atoms with Crippen LogP contribution < -0.4 is 15.0 Å². The lowest BCUT2D eigenvalue weighted by Crippen LogP contribution is -2.33. The van der Waals surface area contributed by atoms with Gasteiger partial charge in [-0.1, -0.05) is 6.07 Å². The van der Waals surface area contributed by atoms with Gasteiger partial charge in [0, 0.05) is 24.4 Å². The molecule has 2 amide bonds. The van der Waals surface area contributed by atoms with Gasteiger partial charge in [0.25, 0.3) is 0 Å². The minimum Gasteiger partial charge on any atom is -0.445 e. The third-order valence-electron chi connectivity index (χ3n) is 4.93. The van der Waals surface area contributed by atoms with Gasteiger partial charge in [-0.15, -0.1) is 0 Å². The highest BCUT2D eigenvalue weighted by Crippen LogP contribution is 2.32. The predicted molar refractivity (Wildman–Crippen MR) is 99.8 cm³/mol. The summed E-state index contributed by atoms with van der Waals surface area (Å²) in [6.45, 7) is 2.12. The Balaban J connectivity index is 1.48. The van der Waals surface area contributed by atoms with Crippen LogP contribution in [0.1, 0.15) is 18.4 Å². The molecular weight excluding hydrogens is 401 g/mol. The molecule has 1 saturated heterocycles. The molecule has 0 bridgehead atoms. The third-order valence-corrected chi connectivity index (χ3v) is 4.93. The van der Waals surface area contributed by atoms with E-state index in [0.29, 0.717) is 11.3 Å². The number of nitro groups is 1. The molecule has 12 heteroatoms. The highest BCUT2D eigenvalue weighted by Gasteiger charge is 2.34. The summed E-state index contributed by atoms with van der Waals surface area (Å²) in [7, 11) is 0. The molecule has 0 radical (unpaired) electrons. The number of nitrogens with zero attached hydrogens (tertiary/aromatic N) is 4. The number of hydrogen-bond donors (Lipinski definition) is 1. The van der Waals surface area contributed by atoms with E-state index in [0.717, 1.165) is 0 Å². The zero-order valence-electron chi connectivity index (χ0n) is 15.9. The molecule has 1 fully saturated rings. The summed E-state index contributed by atoms with van der Waals surface area (Å²) in [5.74, 6) is -1.47. The number of amides is 2. The standard InChI is InChI=1S/C18H18FN5O6/c1-10(25)20-5-13-7-23(18(26)30-13)12-2-3-14(15(19)4-12)11-6-22-8-16(24(27)28)21-17(22)29-9-11/h2-4,8,11,13H,5-7,9H2,1H3,(H,20,25). The summed E-state index contributed by atoms with van der Waals surface area (Å²) >= 11 is 0. The number of carbonyl (C=O) groups excluding carboxylic acids is 2. The van der Waals surface area contributed by atoms with Gasteiger partial charge in [-0.05, 0) is 22.6 Å². The Labute approximate surface area is 169 Å². The summed E-state index contributed by atoms with van der Waals surface area (Å²) in [6, 6.07) is 4.53. The molecular formula is C18H18FN5O6. The molecule has 3 heterocycles. The Morgan fingerprint density at radius 3 is 2.93 bits per heavy atom. The number of benzene rings is 1.